The van der Waals surface area contributed by atoms with E-state index >= 15 is 0 Å². The van der Waals surface area contributed by atoms with Crippen LogP contribution in [0.4, 0.5) is 0 Å². The zero-order chi connectivity index (χ0) is 7.28. The van der Waals surface area contributed by atoms with E-state index in [1.165, 1.54) is 0 Å². The van der Waals surface area contributed by atoms with Crippen molar-refractivity contribution in [1.29, 1.82) is 0 Å². The Morgan fingerprint density at radius 2 is 2.22 bits per heavy atom. The second-order valence-corrected chi connectivity index (χ2v) is 3.58. The van der Waals surface area contributed by atoms with E-state index in [0.29, 0.717) is 12.5 Å². The van der Waals surface area contributed by atoms with Gasteiger partial charge in [0.05, 0.1) is 0 Å². The molecule has 0 atom stereocenters. The molecule has 0 unspecified atom stereocenters. The van der Waals surface area contributed by atoms with Gasteiger partial charge >= 0.3 is 61.7 Å². The van der Waals surface area contributed by atoms with Crippen LogP contribution >= 0.6 is 0 Å². The predicted octanol–water partition coefficient (Wildman–Crippen LogP) is 0.835. The summed E-state index contributed by atoms with van der Waals surface area (Å²) in [6.07, 6.45) is 0.860. The standard InChI is InChI=1S/C5H11O.H2O.O.Ti/c1-5(2)3-4-6;;;/h5H,3-4H2,1-2H3;1H2;;/q-1;;;+2/p-1. The Morgan fingerprint density at radius 3 is 2.56 bits per heavy atom. The van der Waals surface area contributed by atoms with Crippen LogP contribution in [0.25, 0.3) is 0 Å². The molecule has 0 fully saturated rings. The number of rotatable bonds is 4. The second-order valence-electron chi connectivity index (χ2n) is 2.30. The molecule has 4 heteroatoms. The first-order valence-corrected chi connectivity index (χ1v) is 4.96. The number of hydrogen-bond acceptors (Lipinski definition) is 2. The monoisotopic (exact) mass is 168 g/mol. The van der Waals surface area contributed by atoms with Gasteiger partial charge in [-0.1, -0.05) is 0 Å². The van der Waals surface area contributed by atoms with Crippen molar-refractivity contribution in [2.75, 3.05) is 6.61 Å². The third kappa shape index (κ3) is 8.43. The first-order valence-electron chi connectivity index (χ1n) is 2.98. The maximum absolute atomic E-state index is 10.0. The minimum absolute atomic E-state index is 0.424. The normalized spacial score (nSPS) is 10.2. The molecule has 3 nitrogen and oxygen atoms in total. The van der Waals surface area contributed by atoms with Gasteiger partial charge in [-0.2, -0.15) is 0 Å². The van der Waals surface area contributed by atoms with E-state index in [2.05, 4.69) is 3.32 Å². The molecule has 0 aliphatic rings. The molecule has 0 aliphatic heterocycles. The van der Waals surface area contributed by atoms with Crippen molar-refractivity contribution in [2.24, 2.45) is 5.92 Å². The van der Waals surface area contributed by atoms with E-state index < -0.39 is 18.6 Å². The van der Waals surface area contributed by atoms with Crippen molar-refractivity contribution in [3.8, 4) is 0 Å². The Labute approximate surface area is 62.1 Å². The van der Waals surface area contributed by atoms with Crippen LogP contribution in [0.3, 0.4) is 0 Å². The van der Waals surface area contributed by atoms with Crippen molar-refractivity contribution in [3.63, 3.8) is 0 Å². The van der Waals surface area contributed by atoms with Crippen LogP contribution in [0.1, 0.15) is 20.3 Å². The Kier molecular flexibility index (Phi) is 5.49. The molecule has 0 aromatic carbocycles. The summed E-state index contributed by atoms with van der Waals surface area (Å²) in [4.78, 5) is 0. The van der Waals surface area contributed by atoms with Crippen molar-refractivity contribution >= 4 is 0 Å². The summed E-state index contributed by atoms with van der Waals surface area (Å²) in [6, 6.07) is 0. The van der Waals surface area contributed by atoms with Crippen LogP contribution in [-0.2, 0) is 25.3 Å². The molecule has 0 spiro atoms. The molecule has 0 aliphatic carbocycles. The van der Waals surface area contributed by atoms with Gasteiger partial charge in [-0.3, -0.25) is 0 Å². The Morgan fingerprint density at radius 1 is 1.67 bits per heavy atom. The first-order chi connectivity index (χ1) is 4.13. The summed E-state index contributed by atoms with van der Waals surface area (Å²) in [7, 11) is 0. The molecule has 0 bridgehead atoms. The molecule has 1 N–H and O–H groups in total. The third-order valence-corrected chi connectivity index (χ3v) is 1.63. The molecule has 0 saturated carbocycles. The van der Waals surface area contributed by atoms with Crippen LogP contribution in [0.5, 0.6) is 0 Å². The fraction of sp³-hybridized carbons (Fsp3) is 1.00. The van der Waals surface area contributed by atoms with E-state index in [0.717, 1.165) is 6.42 Å². The van der Waals surface area contributed by atoms with E-state index in [-0.39, 0.29) is 0 Å². The van der Waals surface area contributed by atoms with Crippen molar-refractivity contribution in [1.82, 2.24) is 0 Å². The molecule has 0 saturated heterocycles. The van der Waals surface area contributed by atoms with Crippen LogP contribution in [0.15, 0.2) is 0 Å². The Hall–Kier alpha value is 0.434. The van der Waals surface area contributed by atoms with E-state index in [4.69, 9.17) is 3.69 Å². The summed E-state index contributed by atoms with van der Waals surface area (Å²) >= 11 is -3.20. The average molecular weight is 168 g/mol. The van der Waals surface area contributed by atoms with Gasteiger partial charge in [0.2, 0.25) is 0 Å². The fourth-order valence-corrected chi connectivity index (χ4v) is 0.839. The van der Waals surface area contributed by atoms with E-state index in [1.54, 1.807) is 0 Å². The second kappa shape index (κ2) is 5.24. The zero-order valence-electron chi connectivity index (χ0n) is 5.76. The van der Waals surface area contributed by atoms with Gasteiger partial charge < -0.3 is 0 Å². The van der Waals surface area contributed by atoms with Gasteiger partial charge in [0, 0.05) is 0 Å². The van der Waals surface area contributed by atoms with Crippen molar-refractivity contribution in [2.45, 2.75) is 20.3 Å². The van der Waals surface area contributed by atoms with Gasteiger partial charge in [-0.15, -0.1) is 0 Å². The molecule has 54 valence electrons. The van der Waals surface area contributed by atoms with Crippen LogP contribution in [0, 0.1) is 5.92 Å². The molecule has 0 rings (SSSR count). The summed E-state index contributed by atoms with van der Waals surface area (Å²) in [6.45, 7) is 4.52. The Bertz CT molecular complexity index is 92.2. The molecule has 9 heavy (non-hydrogen) atoms. The molecular weight excluding hydrogens is 156 g/mol. The molecular formula is C5H12O3Ti. The maximum atomic E-state index is 10.0. The SMILES string of the molecule is CC(C)CC[O][Ti](=[O])[OH]. The summed E-state index contributed by atoms with van der Waals surface area (Å²) < 4.78 is 22.8. The summed E-state index contributed by atoms with van der Waals surface area (Å²) in [5.41, 5.74) is 0. The van der Waals surface area contributed by atoms with Gasteiger partial charge in [-0.05, 0) is 0 Å². The topological polar surface area (TPSA) is 46.5 Å². The summed E-state index contributed by atoms with van der Waals surface area (Å²) in [5, 5.41) is 0. The minimum atomic E-state index is -3.20. The summed E-state index contributed by atoms with van der Waals surface area (Å²) in [5.74, 6) is 0.544. The molecule has 0 aromatic heterocycles. The van der Waals surface area contributed by atoms with Gasteiger partial charge in [0.15, 0.2) is 0 Å². The molecule has 0 heterocycles. The van der Waals surface area contributed by atoms with E-state index in [1.807, 2.05) is 13.8 Å². The quantitative estimate of drug-likeness (QED) is 0.632. The third-order valence-electron chi connectivity index (χ3n) is 0.921. The average Bonchev–Trinajstić information content (AvgIpc) is 1.63. The molecule has 0 radical (unpaired) electrons. The predicted molar refractivity (Wildman–Crippen MR) is 28.3 cm³/mol. The fourth-order valence-electron chi connectivity index (χ4n) is 0.382. The van der Waals surface area contributed by atoms with Gasteiger partial charge in [-0.25, -0.2) is 0 Å². The molecule has 0 amide bonds. The van der Waals surface area contributed by atoms with Crippen molar-refractivity contribution < 1.29 is 28.9 Å². The Balaban J connectivity index is 3.01. The zero-order valence-corrected chi connectivity index (χ0v) is 7.32. The van der Waals surface area contributed by atoms with Crippen LogP contribution in [0.2, 0.25) is 0 Å². The van der Waals surface area contributed by atoms with E-state index in [9.17, 15) is 3.32 Å². The van der Waals surface area contributed by atoms with Gasteiger partial charge in [0.25, 0.3) is 0 Å². The van der Waals surface area contributed by atoms with Gasteiger partial charge in [0.1, 0.15) is 0 Å². The first kappa shape index (κ1) is 9.43. The van der Waals surface area contributed by atoms with Crippen LogP contribution < -0.4 is 0 Å². The molecule has 0 aromatic rings. The van der Waals surface area contributed by atoms with Crippen LogP contribution in [-0.4, -0.2) is 10.3 Å². The number of hydrogen-bond donors (Lipinski definition) is 1. The van der Waals surface area contributed by atoms with Crippen molar-refractivity contribution in [3.05, 3.63) is 0 Å².